The van der Waals surface area contributed by atoms with E-state index in [2.05, 4.69) is 16.9 Å². The highest BCUT2D eigenvalue weighted by Crippen LogP contribution is 2.26. The molecule has 5 nitrogen and oxygen atoms in total. The van der Waals surface area contributed by atoms with Crippen LogP contribution < -0.4 is 14.2 Å². The summed E-state index contributed by atoms with van der Waals surface area (Å²) in [5.74, 6) is 1.47. The molecule has 0 heterocycles. The summed E-state index contributed by atoms with van der Waals surface area (Å²) in [5, 5.41) is 0. The first kappa shape index (κ1) is 18.7. The molecule has 2 aromatic carbocycles. The zero-order valence-corrected chi connectivity index (χ0v) is 16.3. The highest BCUT2D eigenvalue weighted by molar-refractivity contribution is 7.89. The Hall–Kier alpha value is -2.05. The van der Waals surface area contributed by atoms with Gasteiger partial charge in [-0.25, -0.2) is 13.1 Å². The number of benzene rings is 2. The van der Waals surface area contributed by atoms with Crippen molar-refractivity contribution in [2.24, 2.45) is 0 Å². The van der Waals surface area contributed by atoms with Gasteiger partial charge in [0.25, 0.3) is 0 Å². The predicted octanol–water partition coefficient (Wildman–Crippen LogP) is 3.16. The normalized spacial score (nSPS) is 13.5. The van der Waals surface area contributed by atoms with E-state index in [-0.39, 0.29) is 18.0 Å². The molecule has 1 aliphatic carbocycles. The zero-order valence-electron chi connectivity index (χ0n) is 15.5. The van der Waals surface area contributed by atoms with Crippen LogP contribution in [0.4, 0.5) is 0 Å². The van der Waals surface area contributed by atoms with Gasteiger partial charge in [0.15, 0.2) is 0 Å². The molecular weight excluding hydrogens is 350 g/mol. The minimum absolute atomic E-state index is 0.212. The largest absolute Gasteiger partial charge is 0.496 e. The van der Waals surface area contributed by atoms with Crippen LogP contribution in [0.1, 0.15) is 28.7 Å². The molecule has 0 bridgehead atoms. The number of rotatable bonds is 7. The molecule has 2 aromatic rings. The second kappa shape index (κ2) is 7.68. The molecule has 1 N–H and O–H groups in total. The van der Waals surface area contributed by atoms with E-state index in [4.69, 9.17) is 9.47 Å². The molecule has 0 atom stereocenters. The summed E-state index contributed by atoms with van der Waals surface area (Å²) >= 11 is 0. The van der Waals surface area contributed by atoms with Gasteiger partial charge in [-0.3, -0.25) is 0 Å². The minimum Gasteiger partial charge on any atom is -0.496 e. The van der Waals surface area contributed by atoms with Gasteiger partial charge in [-0.05, 0) is 79.6 Å². The first-order valence-electron chi connectivity index (χ1n) is 8.80. The number of sulfonamides is 1. The van der Waals surface area contributed by atoms with Gasteiger partial charge in [0, 0.05) is 6.54 Å². The third-order valence-electron chi connectivity index (χ3n) is 4.71. The molecule has 3 rings (SSSR count). The van der Waals surface area contributed by atoms with Crippen molar-refractivity contribution >= 4 is 10.0 Å². The monoisotopic (exact) mass is 375 g/mol. The third kappa shape index (κ3) is 4.02. The lowest BCUT2D eigenvalue weighted by atomic mass is 10.1. The Bertz CT molecular complexity index is 906. The Morgan fingerprint density at radius 2 is 1.81 bits per heavy atom. The predicted molar refractivity (Wildman–Crippen MR) is 102 cm³/mol. The highest BCUT2D eigenvalue weighted by Gasteiger charge is 2.18. The molecule has 0 unspecified atom stereocenters. The first-order chi connectivity index (χ1) is 12.4. The van der Waals surface area contributed by atoms with E-state index in [1.807, 2.05) is 13.0 Å². The Morgan fingerprint density at radius 1 is 1.04 bits per heavy atom. The molecule has 0 aliphatic heterocycles. The van der Waals surface area contributed by atoms with Crippen LogP contribution in [-0.2, 0) is 22.9 Å². The van der Waals surface area contributed by atoms with E-state index >= 15 is 0 Å². The molecule has 6 heteroatoms. The summed E-state index contributed by atoms with van der Waals surface area (Å²) in [5.41, 5.74) is 4.17. The molecular formula is C20H25NO4S. The van der Waals surface area contributed by atoms with Crippen molar-refractivity contribution in [3.05, 3.63) is 52.6 Å². The van der Waals surface area contributed by atoms with Gasteiger partial charge in [0.1, 0.15) is 18.1 Å². The summed E-state index contributed by atoms with van der Waals surface area (Å²) in [4.78, 5) is 0.272. The van der Waals surface area contributed by atoms with Crippen LogP contribution in [0.25, 0.3) is 0 Å². The standard InChI is InChI=1S/C20H25NO4S/c1-14-12-20(15(2)11-19(14)24-3)26(22,23)21-9-10-25-18-8-7-16-5-4-6-17(16)13-18/h7-8,11-13,21H,4-6,9-10H2,1-3H3. The van der Waals surface area contributed by atoms with Crippen LogP contribution in [0.2, 0.25) is 0 Å². The number of methoxy groups -OCH3 is 1. The maximum Gasteiger partial charge on any atom is 0.240 e. The van der Waals surface area contributed by atoms with E-state index < -0.39 is 10.0 Å². The fourth-order valence-corrected chi connectivity index (χ4v) is 4.66. The Balaban J connectivity index is 1.59. The molecule has 0 radical (unpaired) electrons. The van der Waals surface area contributed by atoms with E-state index in [0.29, 0.717) is 11.3 Å². The van der Waals surface area contributed by atoms with Crippen LogP contribution in [0.5, 0.6) is 11.5 Å². The van der Waals surface area contributed by atoms with E-state index in [0.717, 1.165) is 24.2 Å². The van der Waals surface area contributed by atoms with Gasteiger partial charge in [-0.1, -0.05) is 6.07 Å². The van der Waals surface area contributed by atoms with Gasteiger partial charge >= 0.3 is 0 Å². The lowest BCUT2D eigenvalue weighted by Crippen LogP contribution is -2.29. The molecule has 0 saturated heterocycles. The van der Waals surface area contributed by atoms with Crippen molar-refractivity contribution in [1.29, 1.82) is 0 Å². The topological polar surface area (TPSA) is 64.6 Å². The average Bonchev–Trinajstić information content (AvgIpc) is 3.08. The molecule has 1 aliphatic rings. The smallest absolute Gasteiger partial charge is 0.240 e. The van der Waals surface area contributed by atoms with Gasteiger partial charge < -0.3 is 9.47 Å². The maximum atomic E-state index is 12.6. The number of hydrogen-bond donors (Lipinski definition) is 1. The van der Waals surface area contributed by atoms with E-state index in [1.54, 1.807) is 26.2 Å². The summed E-state index contributed by atoms with van der Waals surface area (Å²) < 4.78 is 38.7. The van der Waals surface area contributed by atoms with Gasteiger partial charge in [0.05, 0.1) is 12.0 Å². The molecule has 0 amide bonds. The number of aryl methyl sites for hydroxylation is 4. The van der Waals surface area contributed by atoms with Crippen molar-refractivity contribution < 1.29 is 17.9 Å². The minimum atomic E-state index is -3.59. The summed E-state index contributed by atoms with van der Waals surface area (Å²) in [6.07, 6.45) is 3.42. The van der Waals surface area contributed by atoms with Crippen molar-refractivity contribution in [2.45, 2.75) is 38.0 Å². The van der Waals surface area contributed by atoms with Gasteiger partial charge in [-0.15, -0.1) is 0 Å². The Kier molecular flexibility index (Phi) is 5.53. The second-order valence-electron chi connectivity index (χ2n) is 6.62. The van der Waals surface area contributed by atoms with Crippen LogP contribution >= 0.6 is 0 Å². The summed E-state index contributed by atoms with van der Waals surface area (Å²) in [6.45, 7) is 4.09. The summed E-state index contributed by atoms with van der Waals surface area (Å²) in [7, 11) is -2.01. The number of fused-ring (bicyclic) bond motifs is 1. The maximum absolute atomic E-state index is 12.6. The molecule has 0 fully saturated rings. The van der Waals surface area contributed by atoms with Crippen molar-refractivity contribution in [2.75, 3.05) is 20.3 Å². The Labute approximate surface area is 155 Å². The number of ether oxygens (including phenoxy) is 2. The van der Waals surface area contributed by atoms with Crippen LogP contribution in [0.3, 0.4) is 0 Å². The number of nitrogens with one attached hydrogen (secondary N) is 1. The fraction of sp³-hybridized carbons (Fsp3) is 0.400. The SMILES string of the molecule is COc1cc(C)c(S(=O)(=O)NCCOc2ccc3c(c2)CCC3)cc1C. The van der Waals surface area contributed by atoms with Crippen molar-refractivity contribution in [1.82, 2.24) is 4.72 Å². The molecule has 0 spiro atoms. The van der Waals surface area contributed by atoms with E-state index in [9.17, 15) is 8.42 Å². The lowest BCUT2D eigenvalue weighted by Gasteiger charge is -2.13. The molecule has 0 saturated carbocycles. The molecule has 140 valence electrons. The van der Waals surface area contributed by atoms with Crippen LogP contribution in [0, 0.1) is 13.8 Å². The molecule has 0 aromatic heterocycles. The average molecular weight is 375 g/mol. The second-order valence-corrected chi connectivity index (χ2v) is 8.35. The number of hydrogen-bond acceptors (Lipinski definition) is 4. The zero-order chi connectivity index (χ0) is 18.7. The van der Waals surface area contributed by atoms with Crippen molar-refractivity contribution in [3.8, 4) is 11.5 Å². The Morgan fingerprint density at radius 3 is 2.58 bits per heavy atom. The highest BCUT2D eigenvalue weighted by atomic mass is 32.2. The van der Waals surface area contributed by atoms with E-state index in [1.165, 1.54) is 17.5 Å². The quantitative estimate of drug-likeness (QED) is 0.755. The van der Waals surface area contributed by atoms with Crippen LogP contribution in [0.15, 0.2) is 35.2 Å². The third-order valence-corrected chi connectivity index (χ3v) is 6.32. The lowest BCUT2D eigenvalue weighted by molar-refractivity contribution is 0.322. The van der Waals surface area contributed by atoms with Gasteiger partial charge in [-0.2, -0.15) is 0 Å². The van der Waals surface area contributed by atoms with Crippen LogP contribution in [-0.4, -0.2) is 28.7 Å². The first-order valence-corrected chi connectivity index (χ1v) is 10.3. The summed E-state index contributed by atoms with van der Waals surface area (Å²) in [6, 6.07) is 9.50. The van der Waals surface area contributed by atoms with Gasteiger partial charge in [0.2, 0.25) is 10.0 Å². The van der Waals surface area contributed by atoms with Crippen molar-refractivity contribution in [3.63, 3.8) is 0 Å². The fourth-order valence-electron chi connectivity index (χ4n) is 3.33. The molecule has 26 heavy (non-hydrogen) atoms.